The van der Waals surface area contributed by atoms with Crippen LogP contribution in [0.1, 0.15) is 19.3 Å². The lowest BCUT2D eigenvalue weighted by molar-refractivity contribution is -0.138. The van der Waals surface area contributed by atoms with Gasteiger partial charge in [0.25, 0.3) is 0 Å². The molecule has 4 nitrogen and oxygen atoms in total. The fourth-order valence-electron chi connectivity index (χ4n) is 1.55. The van der Waals surface area contributed by atoms with Gasteiger partial charge in [-0.1, -0.05) is 0 Å². The van der Waals surface area contributed by atoms with Crippen molar-refractivity contribution in [1.82, 2.24) is 4.90 Å². The highest BCUT2D eigenvalue weighted by molar-refractivity contribution is 5.68. The first-order valence-electron chi connectivity index (χ1n) is 4.70. The summed E-state index contributed by atoms with van der Waals surface area (Å²) in [6.45, 7) is 1.79. The fourth-order valence-corrected chi connectivity index (χ4v) is 1.55. The quantitative estimate of drug-likeness (QED) is 0.683. The van der Waals surface area contributed by atoms with E-state index in [1.807, 2.05) is 11.9 Å². The number of nitrogens with zero attached hydrogens (tertiary/aromatic N) is 1. The Kier molecular flexibility index (Phi) is 4.18. The van der Waals surface area contributed by atoms with E-state index in [-0.39, 0.29) is 6.54 Å². The van der Waals surface area contributed by atoms with E-state index in [1.54, 1.807) is 0 Å². The lowest BCUT2D eigenvalue weighted by Gasteiger charge is -2.16. The van der Waals surface area contributed by atoms with Crippen molar-refractivity contribution in [3.8, 4) is 0 Å². The summed E-state index contributed by atoms with van der Waals surface area (Å²) in [5.74, 6) is -0.769. The van der Waals surface area contributed by atoms with Crippen molar-refractivity contribution < 1.29 is 14.6 Å². The van der Waals surface area contributed by atoms with E-state index in [0.717, 1.165) is 32.4 Å². The average Bonchev–Trinajstić information content (AvgIpc) is 2.51. The topological polar surface area (TPSA) is 49.8 Å². The molecule has 0 saturated carbocycles. The van der Waals surface area contributed by atoms with Gasteiger partial charge < -0.3 is 9.84 Å². The molecule has 1 heterocycles. The second kappa shape index (κ2) is 5.19. The van der Waals surface area contributed by atoms with Crippen molar-refractivity contribution in [2.24, 2.45) is 0 Å². The van der Waals surface area contributed by atoms with Crippen LogP contribution in [0.2, 0.25) is 0 Å². The maximum Gasteiger partial charge on any atom is 0.317 e. The van der Waals surface area contributed by atoms with Gasteiger partial charge >= 0.3 is 5.97 Å². The van der Waals surface area contributed by atoms with Gasteiger partial charge in [-0.3, -0.25) is 9.69 Å². The molecular weight excluding hydrogens is 170 g/mol. The minimum Gasteiger partial charge on any atom is -0.480 e. The standard InChI is InChI=1S/C9H17NO3/c1-10(7-9(11)12)5-4-8-3-2-6-13-8/h8H,2-7H2,1H3,(H,11,12). The molecular formula is C9H17NO3. The second-order valence-corrected chi connectivity index (χ2v) is 3.56. The average molecular weight is 187 g/mol. The molecule has 1 rings (SSSR count). The number of carbonyl (C=O) groups is 1. The molecule has 1 fully saturated rings. The maximum absolute atomic E-state index is 10.3. The summed E-state index contributed by atoms with van der Waals surface area (Å²) in [7, 11) is 1.82. The van der Waals surface area contributed by atoms with Crippen LogP contribution in [0.15, 0.2) is 0 Å². The van der Waals surface area contributed by atoms with Crippen molar-refractivity contribution in [3.05, 3.63) is 0 Å². The molecule has 0 radical (unpaired) electrons. The van der Waals surface area contributed by atoms with E-state index in [1.165, 1.54) is 0 Å². The van der Waals surface area contributed by atoms with Gasteiger partial charge in [-0.05, 0) is 26.3 Å². The lowest BCUT2D eigenvalue weighted by Crippen LogP contribution is -2.28. The number of likely N-dealkylation sites (N-methyl/N-ethyl adjacent to an activating group) is 1. The first kappa shape index (κ1) is 10.5. The molecule has 0 spiro atoms. The summed E-state index contributed by atoms with van der Waals surface area (Å²) in [6, 6.07) is 0. The monoisotopic (exact) mass is 187 g/mol. The highest BCUT2D eigenvalue weighted by atomic mass is 16.5. The third kappa shape index (κ3) is 4.24. The van der Waals surface area contributed by atoms with Crippen LogP contribution in [0.4, 0.5) is 0 Å². The number of carboxylic acids is 1. The van der Waals surface area contributed by atoms with Crippen LogP contribution in [-0.4, -0.2) is 48.8 Å². The molecule has 1 atom stereocenters. The van der Waals surface area contributed by atoms with E-state index in [0.29, 0.717) is 6.10 Å². The number of aliphatic carboxylic acids is 1. The van der Waals surface area contributed by atoms with Crippen LogP contribution in [0.25, 0.3) is 0 Å². The van der Waals surface area contributed by atoms with E-state index in [2.05, 4.69) is 0 Å². The number of carboxylic acid groups (broad SMARTS) is 1. The Labute approximate surface area is 78.5 Å². The highest BCUT2D eigenvalue weighted by Crippen LogP contribution is 2.15. The molecule has 1 N–H and O–H groups in total. The van der Waals surface area contributed by atoms with E-state index in [4.69, 9.17) is 9.84 Å². The number of hydrogen-bond donors (Lipinski definition) is 1. The minimum atomic E-state index is -0.769. The Bertz CT molecular complexity index is 166. The Morgan fingerprint density at radius 1 is 1.69 bits per heavy atom. The van der Waals surface area contributed by atoms with E-state index in [9.17, 15) is 4.79 Å². The van der Waals surface area contributed by atoms with E-state index >= 15 is 0 Å². The summed E-state index contributed by atoms with van der Waals surface area (Å²) in [5.41, 5.74) is 0. The molecule has 1 aliphatic heterocycles. The normalized spacial score (nSPS) is 22.5. The number of rotatable bonds is 5. The molecule has 1 unspecified atom stereocenters. The zero-order valence-corrected chi connectivity index (χ0v) is 8.03. The van der Waals surface area contributed by atoms with Crippen LogP contribution in [0.3, 0.4) is 0 Å². The molecule has 1 aliphatic rings. The first-order chi connectivity index (χ1) is 6.18. The van der Waals surface area contributed by atoms with Gasteiger partial charge in [0.05, 0.1) is 12.6 Å². The maximum atomic E-state index is 10.3. The van der Waals surface area contributed by atoms with Crippen LogP contribution in [-0.2, 0) is 9.53 Å². The van der Waals surface area contributed by atoms with Crippen LogP contribution in [0.5, 0.6) is 0 Å². The molecule has 4 heteroatoms. The predicted octanol–water partition coefficient (Wildman–Crippen LogP) is 0.572. The van der Waals surface area contributed by atoms with Crippen molar-refractivity contribution in [2.45, 2.75) is 25.4 Å². The molecule has 0 aliphatic carbocycles. The Morgan fingerprint density at radius 2 is 2.46 bits per heavy atom. The van der Waals surface area contributed by atoms with Crippen molar-refractivity contribution in [2.75, 3.05) is 26.7 Å². The van der Waals surface area contributed by atoms with Gasteiger partial charge in [0.2, 0.25) is 0 Å². The molecule has 0 amide bonds. The van der Waals surface area contributed by atoms with Crippen molar-refractivity contribution in [1.29, 1.82) is 0 Å². The van der Waals surface area contributed by atoms with Gasteiger partial charge in [0.1, 0.15) is 0 Å². The second-order valence-electron chi connectivity index (χ2n) is 3.56. The predicted molar refractivity (Wildman–Crippen MR) is 48.7 cm³/mol. The highest BCUT2D eigenvalue weighted by Gasteiger charge is 2.16. The van der Waals surface area contributed by atoms with Crippen LogP contribution in [0, 0.1) is 0 Å². The molecule has 13 heavy (non-hydrogen) atoms. The largest absolute Gasteiger partial charge is 0.480 e. The fraction of sp³-hybridized carbons (Fsp3) is 0.889. The Hall–Kier alpha value is -0.610. The smallest absolute Gasteiger partial charge is 0.317 e. The van der Waals surface area contributed by atoms with E-state index < -0.39 is 5.97 Å². The summed E-state index contributed by atoms with van der Waals surface area (Å²) < 4.78 is 5.43. The van der Waals surface area contributed by atoms with Gasteiger partial charge in [-0.15, -0.1) is 0 Å². The summed E-state index contributed by atoms with van der Waals surface area (Å²) in [4.78, 5) is 12.1. The Balaban J connectivity index is 2.06. The van der Waals surface area contributed by atoms with Gasteiger partial charge in [0, 0.05) is 13.2 Å². The molecule has 0 bridgehead atoms. The van der Waals surface area contributed by atoms with Gasteiger partial charge in [0.15, 0.2) is 0 Å². The third-order valence-electron chi connectivity index (χ3n) is 2.26. The summed E-state index contributed by atoms with van der Waals surface area (Å²) in [6.07, 6.45) is 3.58. The van der Waals surface area contributed by atoms with Crippen LogP contribution < -0.4 is 0 Å². The number of hydrogen-bond acceptors (Lipinski definition) is 3. The SMILES string of the molecule is CN(CCC1CCCO1)CC(=O)O. The number of ether oxygens (including phenoxy) is 1. The molecule has 76 valence electrons. The van der Waals surface area contributed by atoms with Crippen molar-refractivity contribution in [3.63, 3.8) is 0 Å². The zero-order valence-electron chi connectivity index (χ0n) is 8.03. The molecule has 0 aromatic carbocycles. The van der Waals surface area contributed by atoms with Gasteiger partial charge in [-0.25, -0.2) is 0 Å². The molecule has 0 aromatic heterocycles. The minimum absolute atomic E-state index is 0.118. The van der Waals surface area contributed by atoms with Crippen LogP contribution >= 0.6 is 0 Å². The summed E-state index contributed by atoms with van der Waals surface area (Å²) in [5, 5.41) is 8.50. The lowest BCUT2D eigenvalue weighted by atomic mass is 10.2. The molecule has 0 aromatic rings. The van der Waals surface area contributed by atoms with Crippen molar-refractivity contribution >= 4 is 5.97 Å². The third-order valence-corrected chi connectivity index (χ3v) is 2.26. The molecule has 1 saturated heterocycles. The first-order valence-corrected chi connectivity index (χ1v) is 4.70. The zero-order chi connectivity index (χ0) is 9.68. The Morgan fingerprint density at radius 3 is 3.00 bits per heavy atom. The summed E-state index contributed by atoms with van der Waals surface area (Å²) >= 11 is 0. The van der Waals surface area contributed by atoms with Gasteiger partial charge in [-0.2, -0.15) is 0 Å².